The molecule has 120 valence electrons. The standard InChI is InChI=1S/C15H11BrCl2N2O2S/c1-22-13-5-2-8(16)6-10(13)14(21)20-15(23)19-9-3-4-11(17)12(18)7-9/h2-7H,1H3,(H2,19,20,21,23). The molecule has 0 radical (unpaired) electrons. The smallest absolute Gasteiger partial charge is 0.261 e. The van der Waals surface area contributed by atoms with Crippen molar-refractivity contribution in [2.75, 3.05) is 12.4 Å². The molecule has 0 unspecified atom stereocenters. The number of rotatable bonds is 3. The summed E-state index contributed by atoms with van der Waals surface area (Å²) in [6.45, 7) is 0. The van der Waals surface area contributed by atoms with Crippen molar-refractivity contribution in [2.24, 2.45) is 0 Å². The van der Waals surface area contributed by atoms with Crippen molar-refractivity contribution in [1.82, 2.24) is 5.32 Å². The van der Waals surface area contributed by atoms with Gasteiger partial charge in [-0.2, -0.15) is 0 Å². The summed E-state index contributed by atoms with van der Waals surface area (Å²) in [5.74, 6) is 0.0590. The van der Waals surface area contributed by atoms with Gasteiger partial charge in [-0.05, 0) is 48.6 Å². The van der Waals surface area contributed by atoms with Crippen LogP contribution in [0.1, 0.15) is 10.4 Å². The van der Waals surface area contributed by atoms with Crippen LogP contribution in [-0.4, -0.2) is 18.1 Å². The lowest BCUT2D eigenvalue weighted by atomic mass is 10.2. The third kappa shape index (κ3) is 4.81. The van der Waals surface area contributed by atoms with E-state index in [-0.39, 0.29) is 11.0 Å². The first-order chi connectivity index (χ1) is 10.9. The van der Waals surface area contributed by atoms with Crippen LogP contribution < -0.4 is 15.4 Å². The molecule has 8 heteroatoms. The van der Waals surface area contributed by atoms with E-state index < -0.39 is 0 Å². The molecule has 0 saturated carbocycles. The van der Waals surface area contributed by atoms with E-state index in [4.69, 9.17) is 40.2 Å². The summed E-state index contributed by atoms with van der Waals surface area (Å²) in [4.78, 5) is 12.3. The molecule has 0 aliphatic carbocycles. The van der Waals surface area contributed by atoms with E-state index in [0.717, 1.165) is 4.47 Å². The van der Waals surface area contributed by atoms with Gasteiger partial charge in [0, 0.05) is 10.2 Å². The van der Waals surface area contributed by atoms with Crippen LogP contribution >= 0.6 is 51.3 Å². The molecule has 0 atom stereocenters. The number of hydrogen-bond acceptors (Lipinski definition) is 3. The van der Waals surface area contributed by atoms with Crippen molar-refractivity contribution in [2.45, 2.75) is 0 Å². The van der Waals surface area contributed by atoms with Crippen molar-refractivity contribution in [3.05, 3.63) is 56.5 Å². The molecule has 1 amide bonds. The number of hydrogen-bond donors (Lipinski definition) is 2. The van der Waals surface area contributed by atoms with Gasteiger partial charge in [0.15, 0.2) is 5.11 Å². The Bertz CT molecular complexity index is 771. The minimum Gasteiger partial charge on any atom is -0.496 e. The lowest BCUT2D eigenvalue weighted by molar-refractivity contribution is 0.0974. The summed E-state index contributed by atoms with van der Waals surface area (Å²) in [6, 6.07) is 10.1. The van der Waals surface area contributed by atoms with E-state index in [9.17, 15) is 4.79 Å². The molecule has 0 aliphatic heterocycles. The minimum absolute atomic E-state index is 0.135. The summed E-state index contributed by atoms with van der Waals surface area (Å²) in [5.41, 5.74) is 0.978. The van der Waals surface area contributed by atoms with Crippen molar-refractivity contribution in [3.63, 3.8) is 0 Å². The monoisotopic (exact) mass is 432 g/mol. The molecule has 0 aliphatic rings. The second kappa shape index (κ2) is 7.97. The second-order valence-electron chi connectivity index (χ2n) is 4.38. The fraction of sp³-hybridized carbons (Fsp3) is 0.0667. The van der Waals surface area contributed by atoms with Gasteiger partial charge in [-0.1, -0.05) is 39.1 Å². The van der Waals surface area contributed by atoms with Crippen LogP contribution in [0, 0.1) is 0 Å². The van der Waals surface area contributed by atoms with Crippen LogP contribution in [0.3, 0.4) is 0 Å². The predicted octanol–water partition coefficient (Wildman–Crippen LogP) is 4.89. The van der Waals surface area contributed by atoms with Crippen LogP contribution in [0.4, 0.5) is 5.69 Å². The molecular weight excluding hydrogens is 423 g/mol. The highest BCUT2D eigenvalue weighted by atomic mass is 79.9. The summed E-state index contributed by atoms with van der Waals surface area (Å²) in [7, 11) is 1.49. The Balaban J connectivity index is 2.09. The summed E-state index contributed by atoms with van der Waals surface area (Å²) >= 11 is 20.2. The van der Waals surface area contributed by atoms with Crippen molar-refractivity contribution >= 4 is 68.1 Å². The molecule has 0 fully saturated rings. The Labute approximate surface area is 157 Å². The number of carbonyl (C=O) groups is 1. The number of benzene rings is 2. The number of carbonyl (C=O) groups excluding carboxylic acids is 1. The number of nitrogens with one attached hydrogen (secondary N) is 2. The topological polar surface area (TPSA) is 50.4 Å². The van der Waals surface area contributed by atoms with Gasteiger partial charge in [-0.3, -0.25) is 10.1 Å². The maximum absolute atomic E-state index is 12.3. The molecule has 23 heavy (non-hydrogen) atoms. The summed E-state index contributed by atoms with van der Waals surface area (Å²) < 4.78 is 5.93. The maximum Gasteiger partial charge on any atom is 0.261 e. The van der Waals surface area contributed by atoms with Crippen LogP contribution in [0.2, 0.25) is 10.0 Å². The molecule has 2 rings (SSSR count). The lowest BCUT2D eigenvalue weighted by Crippen LogP contribution is -2.34. The quantitative estimate of drug-likeness (QED) is 0.676. The van der Waals surface area contributed by atoms with E-state index in [0.29, 0.717) is 27.0 Å². The molecule has 0 saturated heterocycles. The van der Waals surface area contributed by atoms with Gasteiger partial charge in [-0.15, -0.1) is 0 Å². The number of anilines is 1. The first-order valence-corrected chi connectivity index (χ1v) is 8.27. The molecule has 0 aromatic heterocycles. The van der Waals surface area contributed by atoms with E-state index in [1.807, 2.05) is 0 Å². The minimum atomic E-state index is -0.388. The van der Waals surface area contributed by atoms with Gasteiger partial charge in [0.05, 0.1) is 22.7 Å². The zero-order valence-corrected chi connectivity index (χ0v) is 15.7. The number of amides is 1. The third-order valence-electron chi connectivity index (χ3n) is 2.81. The number of thiocarbonyl (C=S) groups is 1. The highest BCUT2D eigenvalue weighted by molar-refractivity contribution is 9.10. The Morgan fingerprint density at radius 1 is 1.17 bits per heavy atom. The van der Waals surface area contributed by atoms with Gasteiger partial charge >= 0.3 is 0 Å². The molecule has 0 spiro atoms. The van der Waals surface area contributed by atoms with E-state index in [1.165, 1.54) is 7.11 Å². The van der Waals surface area contributed by atoms with E-state index >= 15 is 0 Å². The number of halogens is 3. The molecule has 0 heterocycles. The molecule has 2 N–H and O–H groups in total. The highest BCUT2D eigenvalue weighted by Gasteiger charge is 2.14. The summed E-state index contributed by atoms with van der Waals surface area (Å²) in [6.07, 6.45) is 0. The molecule has 0 bridgehead atoms. The van der Waals surface area contributed by atoms with E-state index in [2.05, 4.69) is 26.6 Å². The molecule has 4 nitrogen and oxygen atoms in total. The molecular formula is C15H11BrCl2N2O2S. The zero-order valence-electron chi connectivity index (χ0n) is 11.8. The van der Waals surface area contributed by atoms with Crippen LogP contribution in [-0.2, 0) is 0 Å². The van der Waals surface area contributed by atoms with Crippen LogP contribution in [0.25, 0.3) is 0 Å². The van der Waals surface area contributed by atoms with Crippen LogP contribution in [0.15, 0.2) is 40.9 Å². The second-order valence-corrected chi connectivity index (χ2v) is 6.52. The summed E-state index contributed by atoms with van der Waals surface area (Å²) in [5, 5.41) is 6.41. The number of ether oxygens (including phenoxy) is 1. The fourth-order valence-corrected chi connectivity index (χ4v) is 2.63. The van der Waals surface area contributed by atoms with E-state index in [1.54, 1.807) is 36.4 Å². The Morgan fingerprint density at radius 3 is 2.57 bits per heavy atom. The Kier molecular flexibility index (Phi) is 6.24. The maximum atomic E-state index is 12.3. The Hall–Kier alpha value is -1.34. The zero-order chi connectivity index (χ0) is 17.0. The van der Waals surface area contributed by atoms with Gasteiger partial charge in [0.2, 0.25) is 0 Å². The van der Waals surface area contributed by atoms with Gasteiger partial charge in [-0.25, -0.2) is 0 Å². The normalized spacial score (nSPS) is 10.1. The lowest BCUT2D eigenvalue weighted by Gasteiger charge is -2.12. The van der Waals surface area contributed by atoms with Gasteiger partial charge in [0.1, 0.15) is 5.75 Å². The Morgan fingerprint density at radius 2 is 1.91 bits per heavy atom. The average Bonchev–Trinajstić information content (AvgIpc) is 2.50. The number of methoxy groups -OCH3 is 1. The van der Waals surface area contributed by atoms with Crippen molar-refractivity contribution in [1.29, 1.82) is 0 Å². The highest BCUT2D eigenvalue weighted by Crippen LogP contribution is 2.25. The predicted molar refractivity (Wildman–Crippen MR) is 101 cm³/mol. The van der Waals surface area contributed by atoms with Gasteiger partial charge < -0.3 is 10.1 Å². The average molecular weight is 434 g/mol. The largest absolute Gasteiger partial charge is 0.496 e. The third-order valence-corrected chi connectivity index (χ3v) is 4.25. The first kappa shape index (κ1) is 18.0. The first-order valence-electron chi connectivity index (χ1n) is 6.31. The SMILES string of the molecule is COc1ccc(Br)cc1C(=O)NC(=S)Nc1ccc(Cl)c(Cl)c1. The molecule has 2 aromatic rings. The van der Waals surface area contributed by atoms with Gasteiger partial charge in [0.25, 0.3) is 5.91 Å². The molecule has 2 aromatic carbocycles. The fourth-order valence-electron chi connectivity index (χ4n) is 1.76. The van der Waals surface area contributed by atoms with Crippen molar-refractivity contribution in [3.8, 4) is 5.75 Å². The van der Waals surface area contributed by atoms with Crippen molar-refractivity contribution < 1.29 is 9.53 Å². The van der Waals surface area contributed by atoms with Crippen LogP contribution in [0.5, 0.6) is 5.75 Å².